The summed E-state index contributed by atoms with van der Waals surface area (Å²) in [4.78, 5) is 0. The van der Waals surface area contributed by atoms with Gasteiger partial charge in [-0.15, -0.1) is 0 Å². The van der Waals surface area contributed by atoms with Crippen LogP contribution in [0, 0.1) is 0 Å². The molecule has 0 bridgehead atoms. The van der Waals surface area contributed by atoms with Crippen LogP contribution in [0.2, 0.25) is 19.1 Å². The standard InChI is InChI=1S/C18H30Si/c1-7-9-14-10-11-16(18(3,4)8-2)17-15(14)12-13-19(17,5)6/h10-11H,7-9,12-13H2,1-6H3. The monoisotopic (exact) mass is 274 g/mol. The van der Waals surface area contributed by atoms with Gasteiger partial charge in [0.1, 0.15) is 0 Å². The minimum Gasteiger partial charge on any atom is -0.0654 e. The molecular formula is C18H30Si. The summed E-state index contributed by atoms with van der Waals surface area (Å²) in [5.74, 6) is 0. The van der Waals surface area contributed by atoms with Gasteiger partial charge in [-0.3, -0.25) is 0 Å². The van der Waals surface area contributed by atoms with E-state index in [1.54, 1.807) is 16.7 Å². The summed E-state index contributed by atoms with van der Waals surface area (Å²) in [7, 11) is -1.19. The number of hydrogen-bond donors (Lipinski definition) is 0. The highest BCUT2D eigenvalue weighted by molar-refractivity contribution is 6.91. The van der Waals surface area contributed by atoms with E-state index >= 15 is 0 Å². The zero-order valence-corrected chi connectivity index (χ0v) is 14.7. The Bertz CT molecular complexity index is 469. The number of rotatable bonds is 4. The Morgan fingerprint density at radius 1 is 1.16 bits per heavy atom. The number of benzene rings is 1. The minimum absolute atomic E-state index is 0.337. The van der Waals surface area contributed by atoms with E-state index in [0.29, 0.717) is 5.41 Å². The molecule has 19 heavy (non-hydrogen) atoms. The van der Waals surface area contributed by atoms with Gasteiger partial charge in [0.15, 0.2) is 0 Å². The predicted molar refractivity (Wildman–Crippen MR) is 89.4 cm³/mol. The third kappa shape index (κ3) is 2.54. The Morgan fingerprint density at radius 2 is 1.84 bits per heavy atom. The van der Waals surface area contributed by atoms with E-state index in [0.717, 1.165) is 0 Å². The molecule has 1 aliphatic rings. The number of fused-ring (bicyclic) bond motifs is 1. The topological polar surface area (TPSA) is 0 Å². The highest BCUT2D eigenvalue weighted by Crippen LogP contribution is 2.34. The molecule has 0 aromatic heterocycles. The molecule has 0 unspecified atom stereocenters. The van der Waals surface area contributed by atoms with E-state index in [2.05, 4.69) is 52.9 Å². The van der Waals surface area contributed by atoms with Gasteiger partial charge in [-0.2, -0.15) is 0 Å². The largest absolute Gasteiger partial charge is 0.0817 e. The van der Waals surface area contributed by atoms with Crippen molar-refractivity contribution in [3.05, 3.63) is 28.8 Å². The van der Waals surface area contributed by atoms with Crippen LogP contribution in [0.1, 0.15) is 57.2 Å². The quantitative estimate of drug-likeness (QED) is 0.692. The Kier molecular flexibility index (Phi) is 3.97. The molecule has 2 rings (SSSR count). The van der Waals surface area contributed by atoms with Crippen LogP contribution in [0.3, 0.4) is 0 Å². The zero-order valence-electron chi connectivity index (χ0n) is 13.7. The van der Waals surface area contributed by atoms with Crippen LogP contribution in [0.25, 0.3) is 0 Å². The molecule has 0 atom stereocenters. The molecule has 0 saturated carbocycles. The lowest BCUT2D eigenvalue weighted by Crippen LogP contribution is -2.43. The number of aryl methyl sites for hydroxylation is 1. The average Bonchev–Trinajstić information content (AvgIpc) is 2.67. The summed E-state index contributed by atoms with van der Waals surface area (Å²) >= 11 is 0. The van der Waals surface area contributed by atoms with Crippen LogP contribution in [-0.4, -0.2) is 8.07 Å². The molecule has 0 radical (unpaired) electrons. The lowest BCUT2D eigenvalue weighted by atomic mass is 9.80. The molecule has 0 nitrogen and oxygen atoms in total. The fourth-order valence-electron chi connectivity index (χ4n) is 3.57. The maximum absolute atomic E-state index is 2.57. The zero-order chi connectivity index (χ0) is 14.3. The molecule has 0 amide bonds. The van der Waals surface area contributed by atoms with Gasteiger partial charge < -0.3 is 0 Å². The van der Waals surface area contributed by atoms with E-state index < -0.39 is 8.07 Å². The second-order valence-corrected chi connectivity index (χ2v) is 12.3. The van der Waals surface area contributed by atoms with Gasteiger partial charge >= 0.3 is 0 Å². The first kappa shape index (κ1) is 14.8. The molecular weight excluding hydrogens is 244 g/mol. The first-order valence-corrected chi connectivity index (χ1v) is 11.2. The summed E-state index contributed by atoms with van der Waals surface area (Å²) in [6.45, 7) is 14.6. The average molecular weight is 275 g/mol. The molecule has 0 fully saturated rings. The lowest BCUT2D eigenvalue weighted by Gasteiger charge is -2.31. The van der Waals surface area contributed by atoms with Gasteiger partial charge in [0.25, 0.3) is 0 Å². The van der Waals surface area contributed by atoms with Gasteiger partial charge in [-0.05, 0) is 47.4 Å². The van der Waals surface area contributed by atoms with Crippen LogP contribution in [0.5, 0.6) is 0 Å². The summed E-state index contributed by atoms with van der Waals surface area (Å²) in [6.07, 6.45) is 5.11. The van der Waals surface area contributed by atoms with Crippen molar-refractivity contribution in [3.8, 4) is 0 Å². The van der Waals surface area contributed by atoms with E-state index in [4.69, 9.17) is 0 Å². The maximum atomic E-state index is 2.57. The molecule has 1 aliphatic heterocycles. The van der Waals surface area contributed by atoms with Crippen molar-refractivity contribution in [2.45, 2.75) is 77.9 Å². The molecule has 106 valence electrons. The van der Waals surface area contributed by atoms with Crippen LogP contribution in [0.4, 0.5) is 0 Å². The Morgan fingerprint density at radius 3 is 2.42 bits per heavy atom. The van der Waals surface area contributed by atoms with Crippen LogP contribution in [-0.2, 0) is 18.3 Å². The first-order valence-electron chi connectivity index (χ1n) is 7.99. The molecule has 0 N–H and O–H groups in total. The second kappa shape index (κ2) is 5.09. The Balaban J connectivity index is 2.63. The van der Waals surface area contributed by atoms with Crippen LogP contribution >= 0.6 is 0 Å². The highest BCUT2D eigenvalue weighted by Gasteiger charge is 2.38. The fraction of sp³-hybridized carbons (Fsp3) is 0.667. The van der Waals surface area contributed by atoms with E-state index in [9.17, 15) is 0 Å². The van der Waals surface area contributed by atoms with Crippen molar-refractivity contribution in [2.24, 2.45) is 0 Å². The predicted octanol–water partition coefficient (Wildman–Crippen LogP) is 4.80. The van der Waals surface area contributed by atoms with Gasteiger partial charge in [0, 0.05) is 0 Å². The molecule has 0 saturated heterocycles. The minimum atomic E-state index is -1.19. The molecule has 1 heterocycles. The maximum Gasteiger partial charge on any atom is 0.0817 e. The van der Waals surface area contributed by atoms with Crippen LogP contribution < -0.4 is 5.19 Å². The smallest absolute Gasteiger partial charge is 0.0654 e. The summed E-state index contributed by atoms with van der Waals surface area (Å²) in [5.41, 5.74) is 5.39. The molecule has 0 spiro atoms. The van der Waals surface area contributed by atoms with Crippen molar-refractivity contribution >= 4 is 13.3 Å². The Hall–Kier alpha value is -0.563. The van der Waals surface area contributed by atoms with Gasteiger partial charge in [-0.1, -0.05) is 64.5 Å². The van der Waals surface area contributed by atoms with Gasteiger partial charge in [0.05, 0.1) is 8.07 Å². The highest BCUT2D eigenvalue weighted by atomic mass is 28.3. The van der Waals surface area contributed by atoms with Gasteiger partial charge in [-0.25, -0.2) is 0 Å². The van der Waals surface area contributed by atoms with E-state index in [1.165, 1.54) is 31.7 Å². The lowest BCUT2D eigenvalue weighted by molar-refractivity contribution is 0.508. The SMILES string of the molecule is CCCc1ccc(C(C)(C)CC)c2c1CC[Si]2(C)C. The number of hydrogen-bond acceptors (Lipinski definition) is 0. The molecule has 0 aliphatic carbocycles. The van der Waals surface area contributed by atoms with Crippen molar-refractivity contribution in [1.82, 2.24) is 0 Å². The Labute approximate surface area is 120 Å². The summed E-state index contributed by atoms with van der Waals surface area (Å²) in [5, 5.41) is 1.82. The second-order valence-electron chi connectivity index (χ2n) is 7.50. The van der Waals surface area contributed by atoms with Crippen LogP contribution in [0.15, 0.2) is 12.1 Å². The normalized spacial score (nSPS) is 17.6. The van der Waals surface area contributed by atoms with E-state index in [-0.39, 0.29) is 0 Å². The van der Waals surface area contributed by atoms with Crippen molar-refractivity contribution in [1.29, 1.82) is 0 Å². The summed E-state index contributed by atoms with van der Waals surface area (Å²) < 4.78 is 0. The van der Waals surface area contributed by atoms with Crippen molar-refractivity contribution in [3.63, 3.8) is 0 Å². The first-order chi connectivity index (χ1) is 8.83. The fourth-order valence-corrected chi connectivity index (χ4v) is 6.95. The molecule has 1 aromatic rings. The van der Waals surface area contributed by atoms with Gasteiger partial charge in [0.2, 0.25) is 0 Å². The third-order valence-corrected chi connectivity index (χ3v) is 8.64. The van der Waals surface area contributed by atoms with E-state index in [1.807, 2.05) is 5.19 Å². The van der Waals surface area contributed by atoms with Crippen molar-refractivity contribution < 1.29 is 0 Å². The third-order valence-electron chi connectivity index (χ3n) is 5.22. The van der Waals surface area contributed by atoms with Crippen molar-refractivity contribution in [2.75, 3.05) is 0 Å². The summed E-state index contributed by atoms with van der Waals surface area (Å²) in [6, 6.07) is 6.36. The molecule has 1 heteroatoms. The molecule has 1 aromatic carbocycles.